The predicted octanol–water partition coefficient (Wildman–Crippen LogP) is 4.55. The van der Waals surface area contributed by atoms with E-state index in [4.69, 9.17) is 11.6 Å². The van der Waals surface area contributed by atoms with Crippen LogP contribution in [0.25, 0.3) is 0 Å². The molecule has 28 heavy (non-hydrogen) atoms. The minimum atomic E-state index is -3.72. The van der Waals surface area contributed by atoms with E-state index in [2.05, 4.69) is 15.9 Å². The molecule has 1 amide bonds. The van der Waals surface area contributed by atoms with Crippen molar-refractivity contribution in [2.24, 2.45) is 0 Å². The standard InChI is InChI=1S/C20H22BrClN2O3S/c1-23(14-16-7-3-4-8-17(16)21)20(25)15-9-10-18(22)19(13-15)28(26,27)24-11-5-2-6-12-24/h3-4,7-10,13H,2,5-6,11-12,14H2,1H3. The monoisotopic (exact) mass is 484 g/mol. The highest BCUT2D eigenvalue weighted by atomic mass is 79.9. The summed E-state index contributed by atoms with van der Waals surface area (Å²) in [5, 5.41) is 0.135. The molecule has 0 aromatic heterocycles. The maximum absolute atomic E-state index is 13.0. The van der Waals surface area contributed by atoms with E-state index in [1.54, 1.807) is 18.0 Å². The lowest BCUT2D eigenvalue weighted by molar-refractivity contribution is 0.0784. The Kier molecular flexibility index (Phi) is 6.81. The molecule has 0 saturated carbocycles. The molecule has 0 unspecified atom stereocenters. The average Bonchev–Trinajstić information content (AvgIpc) is 2.70. The number of rotatable bonds is 5. The minimum absolute atomic E-state index is 0.00351. The molecule has 8 heteroatoms. The SMILES string of the molecule is CN(Cc1ccccc1Br)C(=O)c1ccc(Cl)c(S(=O)(=O)N2CCCCC2)c1. The topological polar surface area (TPSA) is 57.7 Å². The zero-order valence-electron chi connectivity index (χ0n) is 15.6. The smallest absolute Gasteiger partial charge is 0.253 e. The van der Waals surface area contributed by atoms with Crippen LogP contribution >= 0.6 is 27.5 Å². The Morgan fingerprint density at radius 1 is 1.14 bits per heavy atom. The van der Waals surface area contributed by atoms with E-state index in [9.17, 15) is 13.2 Å². The van der Waals surface area contributed by atoms with Crippen molar-refractivity contribution in [2.45, 2.75) is 30.7 Å². The summed E-state index contributed by atoms with van der Waals surface area (Å²) in [5.74, 6) is -0.262. The molecule has 1 saturated heterocycles. The van der Waals surface area contributed by atoms with Crippen molar-refractivity contribution < 1.29 is 13.2 Å². The molecule has 0 spiro atoms. The summed E-state index contributed by atoms with van der Waals surface area (Å²) in [6.07, 6.45) is 2.70. The van der Waals surface area contributed by atoms with Crippen LogP contribution < -0.4 is 0 Å². The fraction of sp³-hybridized carbons (Fsp3) is 0.350. The van der Waals surface area contributed by atoms with E-state index in [0.717, 1.165) is 29.3 Å². The van der Waals surface area contributed by atoms with Gasteiger partial charge in [-0.1, -0.05) is 52.2 Å². The fourth-order valence-corrected chi connectivity index (χ4v) is 5.68. The van der Waals surface area contributed by atoms with Gasteiger partial charge in [0.1, 0.15) is 4.90 Å². The van der Waals surface area contributed by atoms with Gasteiger partial charge in [-0.15, -0.1) is 0 Å². The summed E-state index contributed by atoms with van der Waals surface area (Å²) in [7, 11) is -2.03. The van der Waals surface area contributed by atoms with Crippen LogP contribution in [0.1, 0.15) is 35.2 Å². The third kappa shape index (κ3) is 4.59. The highest BCUT2D eigenvalue weighted by molar-refractivity contribution is 9.10. The van der Waals surface area contributed by atoms with Crippen LogP contribution in [0.5, 0.6) is 0 Å². The van der Waals surface area contributed by atoms with Crippen LogP contribution in [-0.2, 0) is 16.6 Å². The molecule has 2 aromatic carbocycles. The summed E-state index contributed by atoms with van der Waals surface area (Å²) in [6.45, 7) is 1.37. The van der Waals surface area contributed by atoms with E-state index < -0.39 is 10.0 Å². The van der Waals surface area contributed by atoms with Gasteiger partial charge in [-0.05, 0) is 42.7 Å². The number of benzene rings is 2. The van der Waals surface area contributed by atoms with Gasteiger partial charge in [-0.2, -0.15) is 4.31 Å². The van der Waals surface area contributed by atoms with Crippen molar-refractivity contribution >= 4 is 43.5 Å². The van der Waals surface area contributed by atoms with Crippen molar-refractivity contribution in [1.82, 2.24) is 9.21 Å². The minimum Gasteiger partial charge on any atom is -0.337 e. The van der Waals surface area contributed by atoms with Gasteiger partial charge in [-0.25, -0.2) is 8.42 Å². The summed E-state index contributed by atoms with van der Waals surface area (Å²) in [5.41, 5.74) is 1.27. The van der Waals surface area contributed by atoms with Crippen molar-refractivity contribution in [2.75, 3.05) is 20.1 Å². The van der Waals surface area contributed by atoms with Crippen molar-refractivity contribution in [3.8, 4) is 0 Å². The Labute approximate surface area is 179 Å². The number of sulfonamides is 1. The Morgan fingerprint density at radius 3 is 2.50 bits per heavy atom. The number of hydrogen-bond donors (Lipinski definition) is 0. The van der Waals surface area contributed by atoms with Crippen molar-refractivity contribution in [1.29, 1.82) is 0 Å². The maximum atomic E-state index is 13.0. The third-order valence-corrected chi connectivity index (χ3v) is 7.98. The zero-order chi connectivity index (χ0) is 20.3. The molecule has 2 aromatic rings. The first-order valence-corrected chi connectivity index (χ1v) is 11.7. The lowest BCUT2D eigenvalue weighted by atomic mass is 10.1. The first-order chi connectivity index (χ1) is 13.3. The molecule has 5 nitrogen and oxygen atoms in total. The van der Waals surface area contributed by atoms with Crippen molar-refractivity contribution in [3.63, 3.8) is 0 Å². The maximum Gasteiger partial charge on any atom is 0.253 e. The van der Waals surface area contributed by atoms with Crippen LogP contribution in [-0.4, -0.2) is 43.7 Å². The molecule has 0 aliphatic carbocycles. The van der Waals surface area contributed by atoms with Gasteiger partial charge in [0.15, 0.2) is 0 Å². The van der Waals surface area contributed by atoms with Crippen LogP contribution in [0, 0.1) is 0 Å². The van der Waals surface area contributed by atoms with Gasteiger partial charge in [0.2, 0.25) is 10.0 Å². The number of piperidine rings is 1. The lowest BCUT2D eigenvalue weighted by Gasteiger charge is -2.26. The summed E-state index contributed by atoms with van der Waals surface area (Å²) >= 11 is 9.68. The average molecular weight is 486 g/mol. The molecule has 0 radical (unpaired) electrons. The van der Waals surface area contributed by atoms with Crippen molar-refractivity contribution in [3.05, 3.63) is 63.1 Å². The Bertz CT molecular complexity index is 975. The van der Waals surface area contributed by atoms with E-state index in [1.807, 2.05) is 24.3 Å². The van der Waals surface area contributed by atoms with Crippen LogP contribution in [0.3, 0.4) is 0 Å². The molecule has 0 atom stereocenters. The molecule has 1 aliphatic rings. The largest absolute Gasteiger partial charge is 0.337 e. The number of halogens is 2. The molecule has 1 fully saturated rings. The third-order valence-electron chi connectivity index (χ3n) is 4.82. The second-order valence-electron chi connectivity index (χ2n) is 6.86. The number of carbonyl (C=O) groups is 1. The van der Waals surface area contributed by atoms with E-state index in [-0.39, 0.29) is 15.8 Å². The highest BCUT2D eigenvalue weighted by Crippen LogP contribution is 2.28. The Hall–Kier alpha value is -1.41. The van der Waals surface area contributed by atoms with Gasteiger partial charge >= 0.3 is 0 Å². The van der Waals surface area contributed by atoms with Crippen LogP contribution in [0.2, 0.25) is 5.02 Å². The van der Waals surface area contributed by atoms with E-state index in [0.29, 0.717) is 25.2 Å². The lowest BCUT2D eigenvalue weighted by Crippen LogP contribution is -2.36. The first kappa shape index (κ1) is 21.3. The molecular formula is C20H22BrClN2O3S. The number of amides is 1. The van der Waals surface area contributed by atoms with Crippen LogP contribution in [0.4, 0.5) is 0 Å². The summed E-state index contributed by atoms with van der Waals surface area (Å²) in [6, 6.07) is 12.1. The molecule has 3 rings (SSSR count). The molecule has 0 N–H and O–H groups in total. The molecular weight excluding hydrogens is 464 g/mol. The van der Waals surface area contributed by atoms with Gasteiger partial charge in [-0.3, -0.25) is 4.79 Å². The molecule has 1 heterocycles. The summed E-state index contributed by atoms with van der Waals surface area (Å²) < 4.78 is 28.4. The van der Waals surface area contributed by atoms with Gasteiger partial charge in [0, 0.05) is 36.7 Å². The predicted molar refractivity (Wildman–Crippen MR) is 114 cm³/mol. The van der Waals surface area contributed by atoms with Crippen LogP contribution in [0.15, 0.2) is 51.8 Å². The second-order valence-corrected chi connectivity index (χ2v) is 10.0. The Morgan fingerprint density at radius 2 is 1.82 bits per heavy atom. The molecule has 150 valence electrons. The van der Waals surface area contributed by atoms with Gasteiger partial charge in [0.05, 0.1) is 5.02 Å². The first-order valence-electron chi connectivity index (χ1n) is 9.09. The highest BCUT2D eigenvalue weighted by Gasteiger charge is 2.29. The van der Waals surface area contributed by atoms with E-state index in [1.165, 1.54) is 16.4 Å². The second kappa shape index (κ2) is 8.95. The Balaban J connectivity index is 1.86. The van der Waals surface area contributed by atoms with Gasteiger partial charge in [0.25, 0.3) is 5.91 Å². The molecule has 1 aliphatic heterocycles. The number of hydrogen-bond acceptors (Lipinski definition) is 3. The summed E-state index contributed by atoms with van der Waals surface area (Å²) in [4.78, 5) is 14.4. The molecule has 0 bridgehead atoms. The van der Waals surface area contributed by atoms with E-state index >= 15 is 0 Å². The van der Waals surface area contributed by atoms with Gasteiger partial charge < -0.3 is 4.90 Å². The number of carbonyl (C=O) groups excluding carboxylic acids is 1. The quantitative estimate of drug-likeness (QED) is 0.624. The normalized spacial score (nSPS) is 15.4. The fourth-order valence-electron chi connectivity index (χ4n) is 3.25. The zero-order valence-corrected chi connectivity index (χ0v) is 18.7. The number of nitrogens with zero attached hydrogens (tertiary/aromatic N) is 2.